The summed E-state index contributed by atoms with van der Waals surface area (Å²) in [6.45, 7) is 1.07. The molecule has 22 heavy (non-hydrogen) atoms. The van der Waals surface area contributed by atoms with Gasteiger partial charge in [0, 0.05) is 29.5 Å². The number of likely N-dealkylation sites (N-methyl/N-ethyl adjacent to an activating group) is 1. The highest BCUT2D eigenvalue weighted by Gasteiger charge is 2.89. The van der Waals surface area contributed by atoms with E-state index in [-0.39, 0.29) is 16.9 Å². The number of rotatable bonds is 1. The lowest BCUT2D eigenvalue weighted by atomic mass is 9.71. The summed E-state index contributed by atoms with van der Waals surface area (Å²) in [5, 5.41) is 10.6. The Balaban J connectivity index is 1.70. The molecule has 2 fully saturated rings. The van der Waals surface area contributed by atoms with Crippen molar-refractivity contribution in [3.8, 4) is 11.5 Å². The van der Waals surface area contributed by atoms with Gasteiger partial charge in [0.1, 0.15) is 12.2 Å². The molecule has 2 heterocycles. The minimum absolute atomic E-state index is 0.0181. The lowest BCUT2D eigenvalue weighted by molar-refractivity contribution is 0.0289. The van der Waals surface area contributed by atoms with Gasteiger partial charge in [0.25, 0.3) is 0 Å². The van der Waals surface area contributed by atoms with Crippen molar-refractivity contribution in [3.05, 3.63) is 35.4 Å². The quantitative estimate of drug-likeness (QED) is 0.789. The van der Waals surface area contributed by atoms with Gasteiger partial charge in [-0.15, -0.1) is 0 Å². The molecule has 0 radical (unpaired) electrons. The fourth-order valence-corrected chi connectivity index (χ4v) is 6.48. The molecule has 2 aliphatic heterocycles. The molecule has 1 aromatic carbocycles. The van der Waals surface area contributed by atoms with Crippen LogP contribution >= 0.6 is 0 Å². The van der Waals surface area contributed by atoms with Gasteiger partial charge in [-0.2, -0.15) is 0 Å². The molecule has 0 bridgehead atoms. The summed E-state index contributed by atoms with van der Waals surface area (Å²) in [6.07, 6.45) is 4.66. The van der Waals surface area contributed by atoms with E-state index in [1.54, 1.807) is 7.11 Å². The van der Waals surface area contributed by atoms with Gasteiger partial charge in [0.15, 0.2) is 11.5 Å². The van der Waals surface area contributed by atoms with E-state index in [0.29, 0.717) is 12.0 Å². The van der Waals surface area contributed by atoms with Crippen LogP contribution in [0.3, 0.4) is 0 Å². The standard InChI is InChI=1S/C18H19NO3/c1-19-8-17-6-5-11(20)16-18(17)13-9(7-10(19)15(17)18)3-4-12(21-2)14(13)22-16/h3-6,10-11,15-16,20H,7-8H2,1-2H3. The number of likely N-dealkylation sites (tertiary alicyclic amines) is 1. The number of aliphatic hydroxyl groups is 1. The highest BCUT2D eigenvalue weighted by atomic mass is 16.5. The summed E-state index contributed by atoms with van der Waals surface area (Å²) in [5.74, 6) is 2.27. The topological polar surface area (TPSA) is 41.9 Å². The summed E-state index contributed by atoms with van der Waals surface area (Å²) in [7, 11) is 3.93. The molecule has 5 aliphatic rings. The number of benzene rings is 1. The third-order valence-electron chi connectivity index (χ3n) is 7.06. The van der Waals surface area contributed by atoms with Crippen LogP contribution in [0, 0.1) is 11.3 Å². The zero-order valence-corrected chi connectivity index (χ0v) is 12.7. The molecule has 1 N–H and O–H groups in total. The van der Waals surface area contributed by atoms with Gasteiger partial charge in [0.2, 0.25) is 0 Å². The third kappa shape index (κ3) is 0.894. The van der Waals surface area contributed by atoms with E-state index < -0.39 is 6.10 Å². The Morgan fingerprint density at radius 3 is 3.09 bits per heavy atom. The molecular weight excluding hydrogens is 278 g/mol. The molecule has 1 saturated carbocycles. The monoisotopic (exact) mass is 297 g/mol. The fourth-order valence-electron chi connectivity index (χ4n) is 6.48. The van der Waals surface area contributed by atoms with Crippen molar-refractivity contribution in [2.45, 2.75) is 30.1 Å². The Labute approximate surface area is 129 Å². The number of ether oxygens (including phenoxy) is 2. The molecule has 114 valence electrons. The smallest absolute Gasteiger partial charge is 0.166 e. The van der Waals surface area contributed by atoms with Crippen molar-refractivity contribution in [1.82, 2.24) is 4.90 Å². The average Bonchev–Trinajstić information content (AvgIpc) is 2.79. The van der Waals surface area contributed by atoms with Crippen molar-refractivity contribution in [3.63, 3.8) is 0 Å². The summed E-state index contributed by atoms with van der Waals surface area (Å²) < 4.78 is 11.9. The molecule has 6 rings (SSSR count). The van der Waals surface area contributed by atoms with Crippen LogP contribution in [0.15, 0.2) is 24.3 Å². The Kier molecular flexibility index (Phi) is 1.75. The Morgan fingerprint density at radius 1 is 1.41 bits per heavy atom. The molecule has 1 aromatic rings. The Hall–Kier alpha value is -1.52. The van der Waals surface area contributed by atoms with E-state index in [2.05, 4.69) is 24.1 Å². The first-order valence-corrected chi connectivity index (χ1v) is 8.10. The van der Waals surface area contributed by atoms with Crippen LogP contribution in [-0.2, 0) is 11.8 Å². The number of aliphatic hydroxyl groups excluding tert-OH is 1. The minimum Gasteiger partial charge on any atom is -0.493 e. The molecule has 4 heteroatoms. The van der Waals surface area contributed by atoms with Crippen LogP contribution in [0.5, 0.6) is 11.5 Å². The molecular formula is C18H19NO3. The summed E-state index contributed by atoms with van der Waals surface area (Å²) >= 11 is 0. The van der Waals surface area contributed by atoms with Crippen molar-refractivity contribution in [2.75, 3.05) is 20.7 Å². The van der Waals surface area contributed by atoms with E-state index >= 15 is 0 Å². The van der Waals surface area contributed by atoms with Gasteiger partial charge in [0.05, 0.1) is 12.5 Å². The highest BCUT2D eigenvalue weighted by molar-refractivity contribution is 5.69. The predicted octanol–water partition coefficient (Wildman–Crippen LogP) is 1.11. The number of piperidine rings is 1. The Bertz CT molecular complexity index is 759. The third-order valence-corrected chi connectivity index (χ3v) is 7.06. The average molecular weight is 297 g/mol. The second kappa shape index (κ2) is 3.22. The Morgan fingerprint density at radius 2 is 2.27 bits per heavy atom. The summed E-state index contributed by atoms with van der Waals surface area (Å²) in [6, 6.07) is 4.78. The van der Waals surface area contributed by atoms with E-state index in [4.69, 9.17) is 9.47 Å². The highest BCUT2D eigenvalue weighted by Crippen LogP contribution is 2.84. The molecule has 3 aliphatic carbocycles. The number of hydrogen-bond donors (Lipinski definition) is 1. The maximum atomic E-state index is 10.6. The molecule has 6 unspecified atom stereocenters. The van der Waals surface area contributed by atoms with Crippen molar-refractivity contribution in [2.24, 2.45) is 11.3 Å². The van der Waals surface area contributed by atoms with Crippen molar-refractivity contribution < 1.29 is 14.6 Å². The lowest BCUT2D eigenvalue weighted by Gasteiger charge is -2.39. The van der Waals surface area contributed by atoms with E-state index in [1.165, 1.54) is 11.1 Å². The largest absolute Gasteiger partial charge is 0.493 e. The van der Waals surface area contributed by atoms with Gasteiger partial charge < -0.3 is 19.5 Å². The van der Waals surface area contributed by atoms with Gasteiger partial charge in [-0.25, -0.2) is 0 Å². The van der Waals surface area contributed by atoms with Crippen LogP contribution in [0.25, 0.3) is 0 Å². The molecule has 6 atom stereocenters. The normalized spacial score (nSPS) is 48.7. The lowest BCUT2D eigenvalue weighted by Crippen LogP contribution is -2.51. The zero-order valence-electron chi connectivity index (χ0n) is 12.7. The first-order valence-electron chi connectivity index (χ1n) is 8.10. The maximum absolute atomic E-state index is 10.6. The minimum atomic E-state index is -0.523. The number of hydrogen-bond acceptors (Lipinski definition) is 4. The van der Waals surface area contributed by atoms with Gasteiger partial charge >= 0.3 is 0 Å². The predicted molar refractivity (Wildman–Crippen MR) is 80.3 cm³/mol. The maximum Gasteiger partial charge on any atom is 0.166 e. The summed E-state index contributed by atoms with van der Waals surface area (Å²) in [5.41, 5.74) is 2.86. The molecule has 4 nitrogen and oxygen atoms in total. The van der Waals surface area contributed by atoms with Gasteiger partial charge in [-0.3, -0.25) is 0 Å². The molecule has 0 amide bonds. The zero-order chi connectivity index (χ0) is 14.9. The van der Waals surface area contributed by atoms with E-state index in [9.17, 15) is 5.11 Å². The molecule has 2 spiro atoms. The van der Waals surface area contributed by atoms with Crippen LogP contribution in [0.2, 0.25) is 0 Å². The van der Waals surface area contributed by atoms with Crippen molar-refractivity contribution >= 4 is 0 Å². The number of methoxy groups -OCH3 is 1. The van der Waals surface area contributed by atoms with Crippen LogP contribution in [-0.4, -0.2) is 49.0 Å². The van der Waals surface area contributed by atoms with Crippen LogP contribution in [0.1, 0.15) is 11.1 Å². The van der Waals surface area contributed by atoms with Gasteiger partial charge in [-0.05, 0) is 25.1 Å². The second-order valence-corrected chi connectivity index (χ2v) is 7.59. The first kappa shape index (κ1) is 12.0. The van der Waals surface area contributed by atoms with E-state index in [0.717, 1.165) is 24.5 Å². The first-order chi connectivity index (χ1) is 10.6. The number of nitrogens with zero attached hydrogens (tertiary/aromatic N) is 1. The summed E-state index contributed by atoms with van der Waals surface area (Å²) in [4.78, 5) is 2.50. The van der Waals surface area contributed by atoms with Crippen molar-refractivity contribution in [1.29, 1.82) is 0 Å². The SMILES string of the molecule is COc1ccc2c3c1OC1C(O)C=CC45CN(C)C(C2)C4C315. The van der Waals surface area contributed by atoms with Crippen LogP contribution < -0.4 is 9.47 Å². The van der Waals surface area contributed by atoms with E-state index in [1.807, 2.05) is 12.1 Å². The fraction of sp³-hybridized carbons (Fsp3) is 0.556. The second-order valence-electron chi connectivity index (χ2n) is 7.59. The van der Waals surface area contributed by atoms with Gasteiger partial charge in [-0.1, -0.05) is 18.2 Å². The molecule has 0 aromatic heterocycles. The van der Waals surface area contributed by atoms with Crippen LogP contribution in [0.4, 0.5) is 0 Å². The molecule has 1 saturated heterocycles.